The lowest BCUT2D eigenvalue weighted by molar-refractivity contribution is 0.0571. The first kappa shape index (κ1) is 16.2. The first-order chi connectivity index (χ1) is 8.29. The smallest absolute Gasteiger partial charge is 0.0558 e. The van der Waals surface area contributed by atoms with E-state index in [9.17, 15) is 0 Å². The van der Waals surface area contributed by atoms with Gasteiger partial charge in [-0.05, 0) is 38.8 Å². The normalized spacial score (nSPS) is 28.0. The van der Waals surface area contributed by atoms with E-state index in [4.69, 9.17) is 5.11 Å². The Balaban J connectivity index is 0.00000162. The number of rotatable bonds is 4. The van der Waals surface area contributed by atoms with Crippen molar-refractivity contribution in [1.29, 1.82) is 0 Å². The number of piperidine rings is 1. The molecular weight excluding hydrogens is 250 g/mol. The van der Waals surface area contributed by atoms with Gasteiger partial charge in [-0.3, -0.25) is 4.90 Å². The van der Waals surface area contributed by atoms with Crippen molar-refractivity contribution in [3.63, 3.8) is 0 Å². The summed E-state index contributed by atoms with van der Waals surface area (Å²) in [4.78, 5) is 5.02. The van der Waals surface area contributed by atoms with Gasteiger partial charge in [-0.15, -0.1) is 12.4 Å². The molecule has 0 aromatic rings. The van der Waals surface area contributed by atoms with Gasteiger partial charge in [0.1, 0.15) is 0 Å². The van der Waals surface area contributed by atoms with Crippen LogP contribution in [0.4, 0.5) is 0 Å². The number of nitrogens with zero attached hydrogens (tertiary/aromatic N) is 2. The van der Waals surface area contributed by atoms with Gasteiger partial charge in [0.25, 0.3) is 0 Å². The minimum atomic E-state index is 0. The van der Waals surface area contributed by atoms with Gasteiger partial charge < -0.3 is 15.3 Å². The van der Waals surface area contributed by atoms with Crippen LogP contribution in [0.5, 0.6) is 0 Å². The average molecular weight is 278 g/mol. The Hall–Kier alpha value is 0.130. The molecule has 4 nitrogen and oxygen atoms in total. The summed E-state index contributed by atoms with van der Waals surface area (Å²) >= 11 is 0. The molecular formula is C13H28ClN3O. The van der Waals surface area contributed by atoms with Crippen LogP contribution in [0.1, 0.15) is 19.8 Å². The standard InChI is InChI=1S/C13H27N3O.ClH/c1-12-10-15(6-7-16(12)8-9-17)11-13-2-4-14-5-3-13;/h12-14,17H,2-11H2,1H3;1H. The predicted octanol–water partition coefficient (Wildman–Crippen LogP) is 0.406. The SMILES string of the molecule is CC1CN(CC2CCNCC2)CCN1CCO.Cl. The molecule has 2 N–H and O–H groups in total. The van der Waals surface area contributed by atoms with E-state index in [1.165, 1.54) is 45.6 Å². The molecule has 2 aliphatic heterocycles. The lowest BCUT2D eigenvalue weighted by Gasteiger charge is -2.41. The Labute approximate surface area is 117 Å². The van der Waals surface area contributed by atoms with Crippen molar-refractivity contribution >= 4 is 12.4 Å². The second-order valence-electron chi connectivity index (χ2n) is 5.56. The maximum Gasteiger partial charge on any atom is 0.0558 e. The summed E-state index contributed by atoms with van der Waals surface area (Å²) in [6.07, 6.45) is 2.68. The van der Waals surface area contributed by atoms with E-state index in [-0.39, 0.29) is 12.4 Å². The van der Waals surface area contributed by atoms with Crippen molar-refractivity contribution in [2.24, 2.45) is 5.92 Å². The molecule has 0 spiro atoms. The summed E-state index contributed by atoms with van der Waals surface area (Å²) in [5.41, 5.74) is 0. The van der Waals surface area contributed by atoms with E-state index in [1.54, 1.807) is 0 Å². The fraction of sp³-hybridized carbons (Fsp3) is 1.00. The molecule has 5 heteroatoms. The molecule has 0 radical (unpaired) electrons. The Bertz CT molecular complexity index is 224. The van der Waals surface area contributed by atoms with E-state index in [0.717, 1.165) is 19.0 Å². The number of hydrogen-bond acceptors (Lipinski definition) is 4. The molecule has 2 fully saturated rings. The lowest BCUT2D eigenvalue weighted by atomic mass is 9.97. The minimum absolute atomic E-state index is 0. The van der Waals surface area contributed by atoms with Crippen LogP contribution in [-0.2, 0) is 0 Å². The largest absolute Gasteiger partial charge is 0.395 e. The van der Waals surface area contributed by atoms with Crippen molar-refractivity contribution in [2.75, 3.05) is 52.4 Å². The second-order valence-corrected chi connectivity index (χ2v) is 5.56. The second kappa shape index (κ2) is 8.33. The molecule has 108 valence electrons. The molecule has 2 aliphatic rings. The zero-order valence-corrected chi connectivity index (χ0v) is 12.3. The molecule has 0 bridgehead atoms. The molecule has 0 amide bonds. The van der Waals surface area contributed by atoms with Gasteiger partial charge in [0.2, 0.25) is 0 Å². The summed E-state index contributed by atoms with van der Waals surface area (Å²) in [6, 6.07) is 0.595. The third kappa shape index (κ3) is 4.67. The molecule has 0 aromatic heterocycles. The summed E-state index contributed by atoms with van der Waals surface area (Å²) < 4.78 is 0. The lowest BCUT2D eigenvalue weighted by Crippen LogP contribution is -2.53. The summed E-state index contributed by atoms with van der Waals surface area (Å²) in [7, 11) is 0. The summed E-state index contributed by atoms with van der Waals surface area (Å²) in [5.74, 6) is 0.896. The minimum Gasteiger partial charge on any atom is -0.395 e. The highest BCUT2D eigenvalue weighted by Crippen LogP contribution is 2.16. The van der Waals surface area contributed by atoms with Gasteiger partial charge in [-0.2, -0.15) is 0 Å². The van der Waals surface area contributed by atoms with Gasteiger partial charge in [0.05, 0.1) is 6.61 Å². The zero-order chi connectivity index (χ0) is 12.1. The predicted molar refractivity (Wildman–Crippen MR) is 77.4 cm³/mol. The maximum atomic E-state index is 9.00. The van der Waals surface area contributed by atoms with Crippen LogP contribution >= 0.6 is 12.4 Å². The molecule has 0 saturated carbocycles. The average Bonchev–Trinajstić information content (AvgIpc) is 2.34. The third-order valence-electron chi connectivity index (χ3n) is 4.21. The van der Waals surface area contributed by atoms with Gasteiger partial charge >= 0.3 is 0 Å². The first-order valence-corrected chi connectivity index (χ1v) is 7.07. The number of piperazine rings is 1. The van der Waals surface area contributed by atoms with Gasteiger partial charge in [0.15, 0.2) is 0 Å². The van der Waals surface area contributed by atoms with E-state index in [0.29, 0.717) is 12.6 Å². The Morgan fingerprint density at radius 2 is 1.94 bits per heavy atom. The highest BCUT2D eigenvalue weighted by Gasteiger charge is 2.25. The third-order valence-corrected chi connectivity index (χ3v) is 4.21. The van der Waals surface area contributed by atoms with E-state index >= 15 is 0 Å². The fourth-order valence-corrected chi connectivity index (χ4v) is 3.13. The maximum absolute atomic E-state index is 9.00. The van der Waals surface area contributed by atoms with Crippen molar-refractivity contribution in [3.05, 3.63) is 0 Å². The number of aliphatic hydroxyl groups excluding tert-OH is 1. The molecule has 1 atom stereocenters. The van der Waals surface area contributed by atoms with Gasteiger partial charge in [-0.1, -0.05) is 0 Å². The van der Waals surface area contributed by atoms with Gasteiger partial charge in [0, 0.05) is 38.8 Å². The molecule has 0 aliphatic carbocycles. The van der Waals surface area contributed by atoms with Crippen LogP contribution in [0.3, 0.4) is 0 Å². The van der Waals surface area contributed by atoms with E-state index < -0.39 is 0 Å². The van der Waals surface area contributed by atoms with E-state index in [1.807, 2.05) is 0 Å². The van der Waals surface area contributed by atoms with Crippen molar-refractivity contribution < 1.29 is 5.11 Å². The van der Waals surface area contributed by atoms with Crippen LogP contribution in [0, 0.1) is 5.92 Å². The molecule has 18 heavy (non-hydrogen) atoms. The fourth-order valence-electron chi connectivity index (χ4n) is 3.13. The monoisotopic (exact) mass is 277 g/mol. The summed E-state index contributed by atoms with van der Waals surface area (Å²) in [6.45, 7) is 10.5. The number of nitrogens with one attached hydrogen (secondary N) is 1. The van der Waals surface area contributed by atoms with Crippen LogP contribution in [0.25, 0.3) is 0 Å². The van der Waals surface area contributed by atoms with Crippen molar-refractivity contribution in [3.8, 4) is 0 Å². The van der Waals surface area contributed by atoms with Gasteiger partial charge in [-0.25, -0.2) is 0 Å². The van der Waals surface area contributed by atoms with Crippen LogP contribution in [0.15, 0.2) is 0 Å². The molecule has 2 rings (SSSR count). The highest BCUT2D eigenvalue weighted by molar-refractivity contribution is 5.85. The number of aliphatic hydroxyl groups is 1. The molecule has 0 aromatic carbocycles. The molecule has 2 saturated heterocycles. The quantitative estimate of drug-likeness (QED) is 0.781. The number of halogens is 1. The zero-order valence-electron chi connectivity index (χ0n) is 11.5. The Morgan fingerprint density at radius 1 is 1.22 bits per heavy atom. The topological polar surface area (TPSA) is 38.7 Å². The highest BCUT2D eigenvalue weighted by atomic mass is 35.5. The van der Waals surface area contributed by atoms with Crippen molar-refractivity contribution in [1.82, 2.24) is 15.1 Å². The van der Waals surface area contributed by atoms with Crippen LogP contribution in [-0.4, -0.2) is 73.4 Å². The van der Waals surface area contributed by atoms with Crippen LogP contribution < -0.4 is 5.32 Å². The Morgan fingerprint density at radius 3 is 2.56 bits per heavy atom. The summed E-state index contributed by atoms with van der Waals surface area (Å²) in [5, 5.41) is 12.4. The van der Waals surface area contributed by atoms with E-state index in [2.05, 4.69) is 22.0 Å². The van der Waals surface area contributed by atoms with Crippen LogP contribution in [0.2, 0.25) is 0 Å². The molecule has 1 unspecified atom stereocenters. The Kier molecular flexibility index (Phi) is 7.49. The number of hydrogen-bond donors (Lipinski definition) is 2. The molecule has 2 heterocycles. The number of β-amino-alcohol motifs (C(OH)–C–C–N with tert-alkyl or cyclic N) is 1. The first-order valence-electron chi connectivity index (χ1n) is 7.07. The van der Waals surface area contributed by atoms with Crippen molar-refractivity contribution in [2.45, 2.75) is 25.8 Å².